The van der Waals surface area contributed by atoms with Gasteiger partial charge in [-0.15, -0.1) is 0 Å². The van der Waals surface area contributed by atoms with Crippen LogP contribution < -0.4 is 0 Å². The van der Waals surface area contributed by atoms with E-state index in [-0.39, 0.29) is 5.41 Å². The van der Waals surface area contributed by atoms with E-state index in [0.717, 1.165) is 5.92 Å². The third-order valence-corrected chi connectivity index (χ3v) is 3.37. The summed E-state index contributed by atoms with van der Waals surface area (Å²) < 4.78 is 10.5. The predicted molar refractivity (Wildman–Crippen MR) is 83.5 cm³/mol. The zero-order valence-electron chi connectivity index (χ0n) is 13.7. The van der Waals surface area contributed by atoms with Gasteiger partial charge in [-0.05, 0) is 18.8 Å². The van der Waals surface area contributed by atoms with Crippen LogP contribution in [0.5, 0.6) is 0 Å². The lowest BCUT2D eigenvalue weighted by Gasteiger charge is -2.23. The highest BCUT2D eigenvalue weighted by atomic mass is 16.5. The van der Waals surface area contributed by atoms with Crippen molar-refractivity contribution in [1.82, 2.24) is 0 Å². The zero-order valence-corrected chi connectivity index (χ0v) is 13.7. The second kappa shape index (κ2) is 11.5. The average Bonchev–Trinajstić information content (AvgIpc) is 2.33. The Bertz CT molecular complexity index is 215. The van der Waals surface area contributed by atoms with Gasteiger partial charge in [0.25, 0.3) is 0 Å². The number of ether oxygens (including phenoxy) is 2. The molecule has 0 aliphatic carbocycles. The van der Waals surface area contributed by atoms with Crippen molar-refractivity contribution < 1.29 is 9.47 Å². The fourth-order valence-corrected chi connectivity index (χ4v) is 2.33. The van der Waals surface area contributed by atoms with Crippen LogP contribution in [-0.4, -0.2) is 27.4 Å². The second-order valence-electron chi connectivity index (χ2n) is 6.31. The number of methoxy groups -OCH3 is 2. The van der Waals surface area contributed by atoms with Gasteiger partial charge in [0.15, 0.2) is 0 Å². The molecule has 0 atom stereocenters. The van der Waals surface area contributed by atoms with Gasteiger partial charge in [-0.3, -0.25) is 0 Å². The van der Waals surface area contributed by atoms with Crippen molar-refractivity contribution in [2.75, 3.05) is 27.4 Å². The van der Waals surface area contributed by atoms with Gasteiger partial charge in [0.1, 0.15) is 0 Å². The van der Waals surface area contributed by atoms with Crippen molar-refractivity contribution in [3.8, 4) is 0 Å². The zero-order chi connectivity index (χ0) is 14.6. The molecular weight excluding hydrogens is 236 g/mol. The highest BCUT2D eigenvalue weighted by molar-refractivity contribution is 4.97. The molecule has 19 heavy (non-hydrogen) atoms. The molecule has 0 aliphatic heterocycles. The van der Waals surface area contributed by atoms with Crippen LogP contribution in [0.1, 0.15) is 59.3 Å². The van der Waals surface area contributed by atoms with Gasteiger partial charge in [-0.2, -0.15) is 0 Å². The first kappa shape index (κ1) is 18.7. The monoisotopic (exact) mass is 270 g/mol. The topological polar surface area (TPSA) is 18.5 Å². The minimum Gasteiger partial charge on any atom is -0.384 e. The van der Waals surface area contributed by atoms with E-state index in [1.165, 1.54) is 38.5 Å². The number of allylic oxidation sites excluding steroid dienone is 1. The summed E-state index contributed by atoms with van der Waals surface area (Å²) in [6, 6.07) is 0. The minimum absolute atomic E-state index is 0.0150. The first-order valence-corrected chi connectivity index (χ1v) is 7.69. The molecule has 114 valence electrons. The fraction of sp³-hybridized carbons (Fsp3) is 0.882. The Kier molecular flexibility index (Phi) is 11.3. The minimum atomic E-state index is 0.0150. The van der Waals surface area contributed by atoms with Crippen LogP contribution >= 0.6 is 0 Å². The van der Waals surface area contributed by atoms with E-state index in [0.29, 0.717) is 13.2 Å². The van der Waals surface area contributed by atoms with Gasteiger partial charge < -0.3 is 9.47 Å². The van der Waals surface area contributed by atoms with E-state index in [1.54, 1.807) is 14.2 Å². The smallest absolute Gasteiger partial charge is 0.0572 e. The van der Waals surface area contributed by atoms with Crippen LogP contribution in [0, 0.1) is 11.3 Å². The highest BCUT2D eigenvalue weighted by Gasteiger charge is 2.20. The van der Waals surface area contributed by atoms with Crippen LogP contribution in [0.4, 0.5) is 0 Å². The van der Waals surface area contributed by atoms with Crippen molar-refractivity contribution in [2.45, 2.75) is 59.3 Å². The normalized spacial score (nSPS) is 12.7. The molecule has 0 amide bonds. The number of hydrogen-bond donors (Lipinski definition) is 0. The maximum atomic E-state index is 5.26. The molecule has 0 N–H and O–H groups in total. The maximum Gasteiger partial charge on any atom is 0.0572 e. The molecule has 0 aliphatic rings. The van der Waals surface area contributed by atoms with Gasteiger partial charge >= 0.3 is 0 Å². The fourth-order valence-electron chi connectivity index (χ4n) is 2.33. The molecule has 0 bridgehead atoms. The lowest BCUT2D eigenvalue weighted by molar-refractivity contribution is 0.0515. The Hall–Kier alpha value is -0.340. The summed E-state index contributed by atoms with van der Waals surface area (Å²) in [6.07, 6.45) is 12.5. The van der Waals surface area contributed by atoms with Crippen molar-refractivity contribution in [3.63, 3.8) is 0 Å². The Morgan fingerprint density at radius 3 is 2.05 bits per heavy atom. The lowest BCUT2D eigenvalue weighted by Crippen LogP contribution is -2.25. The van der Waals surface area contributed by atoms with E-state index < -0.39 is 0 Å². The Morgan fingerprint density at radius 1 is 0.947 bits per heavy atom. The standard InChI is InChI=1S/C17H34O2/c1-16(2)12-10-8-6-7-9-11-13-17(3,14-18-4)15-19-5/h11,13,16H,6-10,12,14-15H2,1-5H3. The van der Waals surface area contributed by atoms with E-state index in [4.69, 9.17) is 9.47 Å². The van der Waals surface area contributed by atoms with E-state index in [9.17, 15) is 0 Å². The summed E-state index contributed by atoms with van der Waals surface area (Å²) in [5, 5.41) is 0. The number of hydrogen-bond acceptors (Lipinski definition) is 2. The second-order valence-corrected chi connectivity index (χ2v) is 6.31. The molecule has 0 radical (unpaired) electrons. The van der Waals surface area contributed by atoms with Crippen LogP contribution in [0.2, 0.25) is 0 Å². The first-order valence-electron chi connectivity index (χ1n) is 7.69. The van der Waals surface area contributed by atoms with Gasteiger partial charge in [-0.25, -0.2) is 0 Å². The Balaban J connectivity index is 3.69. The molecule has 0 saturated heterocycles. The summed E-state index contributed by atoms with van der Waals surface area (Å²) in [6.45, 7) is 8.21. The van der Waals surface area contributed by atoms with Crippen LogP contribution in [0.25, 0.3) is 0 Å². The Labute approximate surface area is 120 Å². The summed E-state index contributed by atoms with van der Waals surface area (Å²) in [5.41, 5.74) is 0.0150. The summed E-state index contributed by atoms with van der Waals surface area (Å²) in [4.78, 5) is 0. The Morgan fingerprint density at radius 2 is 1.53 bits per heavy atom. The number of rotatable bonds is 12. The molecule has 2 heteroatoms. The molecule has 2 nitrogen and oxygen atoms in total. The summed E-state index contributed by atoms with van der Waals surface area (Å²) in [5.74, 6) is 0.851. The SMILES string of the molecule is COCC(C)(C=CCCCCCCC(C)C)COC. The van der Waals surface area contributed by atoms with Gasteiger partial charge in [0.05, 0.1) is 13.2 Å². The molecule has 0 fully saturated rings. The molecule has 0 spiro atoms. The summed E-state index contributed by atoms with van der Waals surface area (Å²) in [7, 11) is 3.49. The van der Waals surface area contributed by atoms with Gasteiger partial charge in [-0.1, -0.05) is 58.6 Å². The van der Waals surface area contributed by atoms with E-state index in [1.807, 2.05) is 0 Å². The van der Waals surface area contributed by atoms with Crippen molar-refractivity contribution in [3.05, 3.63) is 12.2 Å². The predicted octanol–water partition coefficient (Wildman–Crippen LogP) is 4.84. The van der Waals surface area contributed by atoms with E-state index >= 15 is 0 Å². The van der Waals surface area contributed by atoms with Crippen LogP contribution in [0.3, 0.4) is 0 Å². The molecule has 0 saturated carbocycles. The number of unbranched alkanes of at least 4 members (excludes halogenated alkanes) is 4. The molecule has 0 aromatic carbocycles. The maximum absolute atomic E-state index is 5.26. The first-order chi connectivity index (χ1) is 9.04. The third kappa shape index (κ3) is 11.2. The molecule has 0 unspecified atom stereocenters. The van der Waals surface area contributed by atoms with Gasteiger partial charge in [0, 0.05) is 19.6 Å². The van der Waals surface area contributed by atoms with Crippen LogP contribution in [-0.2, 0) is 9.47 Å². The lowest BCUT2D eigenvalue weighted by atomic mass is 9.92. The van der Waals surface area contributed by atoms with Crippen molar-refractivity contribution in [2.24, 2.45) is 11.3 Å². The summed E-state index contributed by atoms with van der Waals surface area (Å²) >= 11 is 0. The van der Waals surface area contributed by atoms with Gasteiger partial charge in [0.2, 0.25) is 0 Å². The molecule has 0 aromatic rings. The van der Waals surface area contributed by atoms with Crippen molar-refractivity contribution in [1.29, 1.82) is 0 Å². The quantitative estimate of drug-likeness (QED) is 0.373. The van der Waals surface area contributed by atoms with Crippen LogP contribution in [0.15, 0.2) is 12.2 Å². The average molecular weight is 270 g/mol. The molecule has 0 aromatic heterocycles. The highest BCUT2D eigenvalue weighted by Crippen LogP contribution is 2.20. The largest absolute Gasteiger partial charge is 0.384 e. The van der Waals surface area contributed by atoms with Crippen molar-refractivity contribution >= 4 is 0 Å². The van der Waals surface area contributed by atoms with E-state index in [2.05, 4.69) is 32.9 Å². The molecule has 0 heterocycles. The molecule has 0 rings (SSSR count). The third-order valence-electron chi connectivity index (χ3n) is 3.37. The molecular formula is C17H34O2.